The number of pyridine rings is 1. The van der Waals surface area contributed by atoms with Gasteiger partial charge in [0.2, 0.25) is 5.88 Å². The van der Waals surface area contributed by atoms with Gasteiger partial charge in [-0.05, 0) is 36.8 Å². The number of hydrogen-bond acceptors (Lipinski definition) is 2. The minimum atomic E-state index is -0.279. The van der Waals surface area contributed by atoms with E-state index in [9.17, 15) is 4.39 Å². The predicted molar refractivity (Wildman–Crippen MR) is 55.4 cm³/mol. The largest absolute Gasteiger partial charge is 0.439 e. The maximum Gasteiger partial charge on any atom is 0.219 e. The number of rotatable bonds is 2. The van der Waals surface area contributed by atoms with Crippen molar-refractivity contribution in [1.29, 1.82) is 0 Å². The van der Waals surface area contributed by atoms with Crippen LogP contribution in [0.25, 0.3) is 0 Å². The van der Waals surface area contributed by atoms with Crippen LogP contribution >= 0.6 is 0 Å². The second kappa shape index (κ2) is 4.09. The smallest absolute Gasteiger partial charge is 0.219 e. The minimum Gasteiger partial charge on any atom is -0.439 e. The molecule has 0 atom stereocenters. The first-order valence-corrected chi connectivity index (χ1v) is 4.60. The highest BCUT2D eigenvalue weighted by molar-refractivity contribution is 5.27. The summed E-state index contributed by atoms with van der Waals surface area (Å²) in [6.45, 7) is 1.95. The fraction of sp³-hybridized carbons (Fsp3) is 0.0833. The lowest BCUT2D eigenvalue weighted by atomic mass is 10.3. The molecule has 0 bridgehead atoms. The van der Waals surface area contributed by atoms with Gasteiger partial charge in [-0.3, -0.25) is 0 Å². The van der Waals surface area contributed by atoms with Gasteiger partial charge >= 0.3 is 0 Å². The van der Waals surface area contributed by atoms with Crippen LogP contribution in [0.15, 0.2) is 42.6 Å². The maximum absolute atomic E-state index is 12.6. The van der Waals surface area contributed by atoms with Crippen molar-refractivity contribution < 1.29 is 9.13 Å². The van der Waals surface area contributed by atoms with Crippen LogP contribution in [0.1, 0.15) is 5.56 Å². The molecular formula is C12H10FNO. The van der Waals surface area contributed by atoms with Crippen molar-refractivity contribution >= 4 is 0 Å². The number of ether oxygens (including phenoxy) is 1. The molecule has 0 amide bonds. The molecule has 2 aromatic rings. The van der Waals surface area contributed by atoms with Crippen LogP contribution in [-0.4, -0.2) is 4.98 Å². The van der Waals surface area contributed by atoms with Crippen molar-refractivity contribution in [2.75, 3.05) is 0 Å². The van der Waals surface area contributed by atoms with Gasteiger partial charge in [-0.2, -0.15) is 0 Å². The number of halogens is 1. The molecule has 76 valence electrons. The highest BCUT2D eigenvalue weighted by Gasteiger charge is 1.98. The third-order valence-electron chi connectivity index (χ3n) is 1.92. The van der Waals surface area contributed by atoms with Crippen LogP contribution in [-0.2, 0) is 0 Å². The molecule has 0 aliphatic rings. The molecule has 0 fully saturated rings. The standard InChI is InChI=1S/C12H10FNO/c1-9-2-7-12(14-8-9)15-11-5-3-10(13)4-6-11/h2-8H,1H3. The maximum atomic E-state index is 12.6. The van der Waals surface area contributed by atoms with E-state index in [1.165, 1.54) is 12.1 Å². The normalized spacial score (nSPS) is 10.0. The second-order valence-electron chi connectivity index (χ2n) is 3.23. The molecule has 0 spiro atoms. The van der Waals surface area contributed by atoms with Crippen LogP contribution in [0.4, 0.5) is 4.39 Å². The molecule has 3 heteroatoms. The van der Waals surface area contributed by atoms with Gasteiger partial charge in [0.1, 0.15) is 11.6 Å². The Bertz CT molecular complexity index is 393. The van der Waals surface area contributed by atoms with Gasteiger partial charge in [0.05, 0.1) is 0 Å². The van der Waals surface area contributed by atoms with Crippen molar-refractivity contribution in [3.05, 3.63) is 54.0 Å². The van der Waals surface area contributed by atoms with Crippen molar-refractivity contribution in [1.82, 2.24) is 4.98 Å². The zero-order valence-electron chi connectivity index (χ0n) is 8.27. The van der Waals surface area contributed by atoms with Crippen LogP contribution in [0, 0.1) is 12.7 Å². The van der Waals surface area contributed by atoms with Crippen LogP contribution in [0.5, 0.6) is 11.6 Å². The first-order valence-electron chi connectivity index (χ1n) is 4.60. The highest BCUT2D eigenvalue weighted by Crippen LogP contribution is 2.19. The first-order chi connectivity index (χ1) is 7.24. The van der Waals surface area contributed by atoms with Crippen molar-refractivity contribution in [2.45, 2.75) is 6.92 Å². The van der Waals surface area contributed by atoms with E-state index in [4.69, 9.17) is 4.74 Å². The van der Waals surface area contributed by atoms with Gasteiger partial charge in [0.15, 0.2) is 0 Å². The molecule has 0 saturated carbocycles. The first kappa shape index (κ1) is 9.65. The average molecular weight is 203 g/mol. The molecule has 2 rings (SSSR count). The third kappa shape index (κ3) is 2.53. The van der Waals surface area contributed by atoms with Crippen molar-refractivity contribution in [3.63, 3.8) is 0 Å². The summed E-state index contributed by atoms with van der Waals surface area (Å²) in [5, 5.41) is 0. The number of benzene rings is 1. The summed E-state index contributed by atoms with van der Waals surface area (Å²) in [5.74, 6) is 0.805. The Morgan fingerprint density at radius 1 is 1.07 bits per heavy atom. The Labute approximate surface area is 87.4 Å². The van der Waals surface area contributed by atoms with Gasteiger partial charge < -0.3 is 4.74 Å². The van der Waals surface area contributed by atoms with Crippen LogP contribution in [0.3, 0.4) is 0 Å². The van der Waals surface area contributed by atoms with Crippen LogP contribution < -0.4 is 4.74 Å². The summed E-state index contributed by atoms with van der Waals surface area (Å²) in [4.78, 5) is 4.08. The minimum absolute atomic E-state index is 0.279. The van der Waals surface area contributed by atoms with Gasteiger partial charge in [-0.25, -0.2) is 9.37 Å². The Morgan fingerprint density at radius 2 is 1.80 bits per heavy atom. The lowest BCUT2D eigenvalue weighted by Crippen LogP contribution is -1.87. The van der Waals surface area contributed by atoms with E-state index in [1.807, 2.05) is 13.0 Å². The zero-order valence-corrected chi connectivity index (χ0v) is 8.27. The van der Waals surface area contributed by atoms with E-state index < -0.39 is 0 Å². The van der Waals surface area contributed by atoms with E-state index in [0.29, 0.717) is 11.6 Å². The number of nitrogens with zero attached hydrogens (tertiary/aromatic N) is 1. The number of aryl methyl sites for hydroxylation is 1. The molecule has 0 unspecified atom stereocenters. The Hall–Kier alpha value is -1.90. The lowest BCUT2D eigenvalue weighted by molar-refractivity contribution is 0.461. The van der Waals surface area contributed by atoms with Gasteiger partial charge in [0.25, 0.3) is 0 Å². The van der Waals surface area contributed by atoms with E-state index >= 15 is 0 Å². The fourth-order valence-electron chi connectivity index (χ4n) is 1.14. The summed E-state index contributed by atoms with van der Waals surface area (Å²) in [5.41, 5.74) is 1.07. The van der Waals surface area contributed by atoms with E-state index in [1.54, 1.807) is 24.4 Å². The van der Waals surface area contributed by atoms with Crippen LogP contribution in [0.2, 0.25) is 0 Å². The summed E-state index contributed by atoms with van der Waals surface area (Å²) in [6, 6.07) is 9.52. The Balaban J connectivity index is 2.15. The summed E-state index contributed by atoms with van der Waals surface area (Å²) in [6.07, 6.45) is 1.72. The molecule has 0 aliphatic carbocycles. The molecule has 2 nitrogen and oxygen atoms in total. The zero-order chi connectivity index (χ0) is 10.7. The number of hydrogen-bond donors (Lipinski definition) is 0. The quantitative estimate of drug-likeness (QED) is 0.746. The molecule has 0 saturated heterocycles. The molecule has 1 aromatic carbocycles. The topological polar surface area (TPSA) is 22.1 Å². The third-order valence-corrected chi connectivity index (χ3v) is 1.92. The summed E-state index contributed by atoms with van der Waals surface area (Å²) in [7, 11) is 0. The highest BCUT2D eigenvalue weighted by atomic mass is 19.1. The molecule has 0 N–H and O–H groups in total. The SMILES string of the molecule is Cc1ccc(Oc2ccc(F)cc2)nc1. The molecule has 0 aliphatic heterocycles. The monoisotopic (exact) mass is 203 g/mol. The Morgan fingerprint density at radius 3 is 2.40 bits per heavy atom. The summed E-state index contributed by atoms with van der Waals surface area (Å²) < 4.78 is 18.0. The molecule has 0 radical (unpaired) electrons. The predicted octanol–water partition coefficient (Wildman–Crippen LogP) is 3.32. The van der Waals surface area contributed by atoms with Gasteiger partial charge in [-0.15, -0.1) is 0 Å². The van der Waals surface area contributed by atoms with E-state index in [-0.39, 0.29) is 5.82 Å². The summed E-state index contributed by atoms with van der Waals surface area (Å²) >= 11 is 0. The molecular weight excluding hydrogens is 193 g/mol. The van der Waals surface area contributed by atoms with Crippen molar-refractivity contribution in [3.8, 4) is 11.6 Å². The van der Waals surface area contributed by atoms with E-state index in [0.717, 1.165) is 5.56 Å². The fourth-order valence-corrected chi connectivity index (χ4v) is 1.14. The molecule has 1 aromatic heterocycles. The van der Waals surface area contributed by atoms with Gasteiger partial charge in [-0.1, -0.05) is 6.07 Å². The average Bonchev–Trinajstić information content (AvgIpc) is 2.25. The van der Waals surface area contributed by atoms with Gasteiger partial charge in [0, 0.05) is 12.3 Å². The lowest BCUT2D eigenvalue weighted by Gasteiger charge is -2.03. The van der Waals surface area contributed by atoms with E-state index in [2.05, 4.69) is 4.98 Å². The number of aromatic nitrogens is 1. The van der Waals surface area contributed by atoms with Crippen molar-refractivity contribution in [2.24, 2.45) is 0 Å². The molecule has 1 heterocycles. The second-order valence-corrected chi connectivity index (χ2v) is 3.23. The Kier molecular flexibility index (Phi) is 2.63. The molecule has 15 heavy (non-hydrogen) atoms.